The first-order valence-corrected chi connectivity index (χ1v) is 8.93. The van der Waals surface area contributed by atoms with Crippen molar-refractivity contribution in [2.75, 3.05) is 13.1 Å². The second kappa shape index (κ2) is 7.23. The molecule has 1 aromatic heterocycles. The molecule has 23 heavy (non-hydrogen) atoms. The van der Waals surface area contributed by atoms with Crippen LogP contribution in [0.25, 0.3) is 0 Å². The Morgan fingerprint density at radius 3 is 2.65 bits per heavy atom. The Kier molecular flexibility index (Phi) is 5.08. The molecule has 1 aromatic carbocycles. The Morgan fingerprint density at radius 1 is 1.35 bits per heavy atom. The van der Waals surface area contributed by atoms with E-state index in [0.717, 1.165) is 42.2 Å². The number of nitrogens with zero attached hydrogens (tertiary/aromatic N) is 2. The fraction of sp³-hybridized carbons (Fsp3) is 0.444. The fourth-order valence-corrected chi connectivity index (χ4v) is 3.76. The summed E-state index contributed by atoms with van der Waals surface area (Å²) >= 11 is 1.58. The van der Waals surface area contributed by atoms with Gasteiger partial charge in [-0.25, -0.2) is 4.98 Å². The fourth-order valence-electron chi connectivity index (χ4n) is 3.14. The van der Waals surface area contributed by atoms with E-state index in [4.69, 9.17) is 0 Å². The van der Waals surface area contributed by atoms with Crippen LogP contribution in [0.2, 0.25) is 0 Å². The summed E-state index contributed by atoms with van der Waals surface area (Å²) in [7, 11) is 0. The molecule has 1 atom stereocenters. The maximum Gasteiger partial charge on any atom is 0.228 e. The van der Waals surface area contributed by atoms with Crippen molar-refractivity contribution in [2.24, 2.45) is 5.92 Å². The van der Waals surface area contributed by atoms with Crippen LogP contribution in [0.3, 0.4) is 0 Å². The van der Waals surface area contributed by atoms with Gasteiger partial charge < -0.3 is 10.0 Å². The SMILES string of the molecule is Cc1nc(CC(=O)N2CCC([C@H](O)c3ccccc3)CC2)cs1. The molecule has 0 unspecified atom stereocenters. The third-order valence-electron chi connectivity index (χ3n) is 4.48. The van der Waals surface area contributed by atoms with Crippen molar-refractivity contribution in [2.45, 2.75) is 32.3 Å². The van der Waals surface area contributed by atoms with Crippen LogP contribution in [0, 0.1) is 12.8 Å². The minimum Gasteiger partial charge on any atom is -0.388 e. The summed E-state index contributed by atoms with van der Waals surface area (Å²) in [4.78, 5) is 18.6. The number of thiazole rings is 1. The van der Waals surface area contributed by atoms with Gasteiger partial charge in [-0.2, -0.15) is 0 Å². The van der Waals surface area contributed by atoms with Crippen molar-refractivity contribution in [1.29, 1.82) is 0 Å². The average Bonchev–Trinajstić information content (AvgIpc) is 3.00. The zero-order chi connectivity index (χ0) is 16.2. The highest BCUT2D eigenvalue weighted by molar-refractivity contribution is 7.09. The maximum absolute atomic E-state index is 12.4. The van der Waals surface area contributed by atoms with Gasteiger partial charge in [-0.1, -0.05) is 30.3 Å². The zero-order valence-electron chi connectivity index (χ0n) is 13.3. The first-order valence-electron chi connectivity index (χ1n) is 8.05. The minimum absolute atomic E-state index is 0.142. The number of hydrogen-bond acceptors (Lipinski definition) is 4. The van der Waals surface area contributed by atoms with Gasteiger partial charge in [0.1, 0.15) is 0 Å². The lowest BCUT2D eigenvalue weighted by atomic mass is 9.87. The summed E-state index contributed by atoms with van der Waals surface area (Å²) in [6, 6.07) is 9.79. The van der Waals surface area contributed by atoms with Crippen LogP contribution >= 0.6 is 11.3 Å². The van der Waals surface area contributed by atoms with E-state index in [1.807, 2.05) is 47.5 Å². The van der Waals surface area contributed by atoms with Crippen molar-refractivity contribution < 1.29 is 9.90 Å². The third kappa shape index (κ3) is 3.98. The Hall–Kier alpha value is -1.72. The quantitative estimate of drug-likeness (QED) is 0.938. The lowest BCUT2D eigenvalue weighted by Crippen LogP contribution is -2.40. The molecule has 1 saturated heterocycles. The molecule has 1 aliphatic heterocycles. The molecule has 1 aliphatic rings. The molecule has 2 heterocycles. The Bertz CT molecular complexity index is 648. The highest BCUT2D eigenvalue weighted by Crippen LogP contribution is 2.30. The number of aliphatic hydroxyl groups is 1. The molecule has 0 saturated carbocycles. The van der Waals surface area contributed by atoms with Gasteiger partial charge >= 0.3 is 0 Å². The average molecular weight is 330 g/mol. The van der Waals surface area contributed by atoms with Gasteiger partial charge in [0.2, 0.25) is 5.91 Å². The van der Waals surface area contributed by atoms with E-state index in [2.05, 4.69) is 4.98 Å². The first kappa shape index (κ1) is 16.1. The van der Waals surface area contributed by atoms with Crippen LogP contribution < -0.4 is 0 Å². The van der Waals surface area contributed by atoms with Gasteiger partial charge in [0.05, 0.1) is 23.2 Å². The van der Waals surface area contributed by atoms with E-state index in [0.29, 0.717) is 6.42 Å². The molecule has 2 aromatic rings. The lowest BCUT2D eigenvalue weighted by Gasteiger charge is -2.34. The van der Waals surface area contributed by atoms with Crippen molar-refractivity contribution in [3.63, 3.8) is 0 Å². The van der Waals surface area contributed by atoms with Gasteiger partial charge in [-0.15, -0.1) is 11.3 Å². The van der Waals surface area contributed by atoms with Crippen LogP contribution in [0.5, 0.6) is 0 Å². The molecular formula is C18H22N2O2S. The summed E-state index contributed by atoms with van der Waals surface area (Å²) in [5.41, 5.74) is 1.83. The monoisotopic (exact) mass is 330 g/mol. The third-order valence-corrected chi connectivity index (χ3v) is 5.30. The normalized spacial score (nSPS) is 17.2. The van der Waals surface area contributed by atoms with E-state index >= 15 is 0 Å². The Labute approximate surface area is 140 Å². The van der Waals surface area contributed by atoms with Crippen molar-refractivity contribution in [3.8, 4) is 0 Å². The second-order valence-electron chi connectivity index (χ2n) is 6.11. The number of rotatable bonds is 4. The number of hydrogen-bond donors (Lipinski definition) is 1. The largest absolute Gasteiger partial charge is 0.388 e. The van der Waals surface area contributed by atoms with Crippen molar-refractivity contribution >= 4 is 17.2 Å². The van der Waals surface area contributed by atoms with E-state index in [9.17, 15) is 9.90 Å². The highest BCUT2D eigenvalue weighted by Gasteiger charge is 2.28. The first-order chi connectivity index (χ1) is 11.1. The molecule has 1 N–H and O–H groups in total. The van der Waals surface area contributed by atoms with E-state index in [-0.39, 0.29) is 11.8 Å². The molecule has 1 fully saturated rings. The summed E-state index contributed by atoms with van der Waals surface area (Å²) in [6.07, 6.45) is 1.64. The van der Waals surface area contributed by atoms with Gasteiger partial charge in [-0.3, -0.25) is 4.79 Å². The van der Waals surface area contributed by atoms with E-state index in [1.54, 1.807) is 11.3 Å². The summed E-state index contributed by atoms with van der Waals surface area (Å²) in [5.74, 6) is 0.367. The topological polar surface area (TPSA) is 53.4 Å². The molecule has 122 valence electrons. The van der Waals surface area contributed by atoms with Gasteiger partial charge in [-0.05, 0) is 31.2 Å². The molecular weight excluding hydrogens is 308 g/mol. The molecule has 4 nitrogen and oxygen atoms in total. The standard InChI is InChI=1S/C18H22N2O2S/c1-13-19-16(12-23-13)11-17(21)20-9-7-15(8-10-20)18(22)14-5-3-2-4-6-14/h2-6,12,15,18,22H,7-11H2,1H3/t18-/m1/s1. The number of aliphatic hydroxyl groups excluding tert-OH is 1. The smallest absolute Gasteiger partial charge is 0.228 e. The van der Waals surface area contributed by atoms with Gasteiger partial charge in [0, 0.05) is 18.5 Å². The number of piperidine rings is 1. The number of carbonyl (C=O) groups is 1. The summed E-state index contributed by atoms with van der Waals surface area (Å²) in [5, 5.41) is 13.5. The zero-order valence-corrected chi connectivity index (χ0v) is 14.1. The molecule has 3 rings (SSSR count). The molecule has 5 heteroatoms. The van der Waals surface area contributed by atoms with Crippen LogP contribution in [-0.2, 0) is 11.2 Å². The highest BCUT2D eigenvalue weighted by atomic mass is 32.1. The molecule has 0 radical (unpaired) electrons. The molecule has 0 aliphatic carbocycles. The van der Waals surface area contributed by atoms with E-state index in [1.165, 1.54) is 0 Å². The Morgan fingerprint density at radius 2 is 2.04 bits per heavy atom. The minimum atomic E-state index is -0.436. The van der Waals surface area contributed by atoms with Crippen molar-refractivity contribution in [1.82, 2.24) is 9.88 Å². The summed E-state index contributed by atoms with van der Waals surface area (Å²) < 4.78 is 0. The summed E-state index contributed by atoms with van der Waals surface area (Å²) in [6.45, 7) is 3.39. The number of likely N-dealkylation sites (tertiary alicyclic amines) is 1. The van der Waals surface area contributed by atoms with Crippen LogP contribution in [0.1, 0.15) is 35.2 Å². The maximum atomic E-state index is 12.4. The number of carbonyl (C=O) groups excluding carboxylic acids is 1. The van der Waals surface area contributed by atoms with Crippen LogP contribution in [-0.4, -0.2) is 34.0 Å². The number of aryl methyl sites for hydroxylation is 1. The Balaban J connectivity index is 1.53. The number of aromatic nitrogens is 1. The number of benzene rings is 1. The molecule has 0 bridgehead atoms. The number of amides is 1. The molecule has 0 spiro atoms. The predicted molar refractivity (Wildman–Crippen MR) is 91.3 cm³/mol. The lowest BCUT2D eigenvalue weighted by molar-refractivity contribution is -0.132. The molecule has 1 amide bonds. The van der Waals surface area contributed by atoms with Gasteiger partial charge in [0.15, 0.2) is 0 Å². The van der Waals surface area contributed by atoms with E-state index < -0.39 is 6.10 Å². The second-order valence-corrected chi connectivity index (χ2v) is 7.17. The van der Waals surface area contributed by atoms with Crippen LogP contribution in [0.15, 0.2) is 35.7 Å². The predicted octanol–water partition coefficient (Wildman–Crippen LogP) is 2.97. The van der Waals surface area contributed by atoms with Gasteiger partial charge in [0.25, 0.3) is 0 Å². The van der Waals surface area contributed by atoms with Crippen molar-refractivity contribution in [3.05, 3.63) is 52.0 Å². The van der Waals surface area contributed by atoms with Crippen LogP contribution in [0.4, 0.5) is 0 Å².